The summed E-state index contributed by atoms with van der Waals surface area (Å²) in [5.41, 5.74) is -5.78. The van der Waals surface area contributed by atoms with Crippen molar-refractivity contribution in [2.45, 2.75) is 24.9 Å². The van der Waals surface area contributed by atoms with Crippen LogP contribution in [0.5, 0.6) is 5.75 Å². The second-order valence-corrected chi connectivity index (χ2v) is 7.64. The number of rotatable bonds is 2. The molecule has 0 amide bonds. The number of alkyl halides is 6. The van der Waals surface area contributed by atoms with Gasteiger partial charge in [0.1, 0.15) is 0 Å². The van der Waals surface area contributed by atoms with Crippen molar-refractivity contribution in [3.05, 3.63) is 27.3 Å². The molecular weight excluding hydrogens is 449 g/mol. The van der Waals surface area contributed by atoms with Crippen LogP contribution in [0.2, 0.25) is 0 Å². The first-order valence-electron chi connectivity index (χ1n) is 5.85. The number of ether oxygens (including phenoxy) is 1. The third kappa shape index (κ3) is 2.73. The molecule has 0 saturated heterocycles. The second-order valence-electron chi connectivity index (χ2n) is 4.36. The number of halogens is 7. The van der Waals surface area contributed by atoms with Gasteiger partial charge in [0.2, 0.25) is 0 Å². The van der Waals surface area contributed by atoms with Crippen molar-refractivity contribution >= 4 is 26.6 Å². The van der Waals surface area contributed by atoms with Crippen molar-refractivity contribution < 1.29 is 42.0 Å². The predicted molar refractivity (Wildman–Crippen MR) is 72.4 cm³/mol. The third-order valence-corrected chi connectivity index (χ3v) is 6.81. The first kappa shape index (κ1) is 18.1. The molecule has 0 bridgehead atoms. The molecule has 0 aromatic heterocycles. The van der Waals surface area contributed by atoms with E-state index in [9.17, 15) is 31.1 Å². The Kier molecular flexibility index (Phi) is 4.47. The first-order chi connectivity index (χ1) is 10.5. The average Bonchev–Trinajstić information content (AvgIpc) is 2.73. The van der Waals surface area contributed by atoms with Crippen LogP contribution in [0, 0.1) is 3.57 Å². The summed E-state index contributed by atoms with van der Waals surface area (Å²) in [5, 5.41) is 0. The Morgan fingerprint density at radius 3 is 2.17 bits per heavy atom. The van der Waals surface area contributed by atoms with E-state index in [-0.39, 0.29) is 0 Å². The van der Waals surface area contributed by atoms with E-state index < -0.39 is 59.5 Å². The van der Waals surface area contributed by atoms with E-state index in [1.807, 2.05) is 0 Å². The summed E-state index contributed by atoms with van der Waals surface area (Å²) in [7, 11) is 0.940. The number of carbonyl (C=O) groups is 1. The van der Waals surface area contributed by atoms with Gasteiger partial charge in [0.15, 0.2) is 0 Å². The molecule has 23 heavy (non-hydrogen) atoms. The normalized spacial score (nSPS) is 18.5. The van der Waals surface area contributed by atoms with E-state index in [1.54, 1.807) is 0 Å². The fourth-order valence-corrected chi connectivity index (χ4v) is 6.05. The molecule has 0 fully saturated rings. The Bertz CT molecular complexity index is 613. The summed E-state index contributed by atoms with van der Waals surface area (Å²) >= 11 is -3.98. The Morgan fingerprint density at radius 2 is 1.74 bits per heavy atom. The summed E-state index contributed by atoms with van der Waals surface area (Å²) in [6, 6.07) is 3.19. The van der Waals surface area contributed by atoms with Gasteiger partial charge in [0.05, 0.1) is 0 Å². The molecule has 130 valence electrons. The van der Waals surface area contributed by atoms with E-state index in [0.717, 1.165) is 26.2 Å². The van der Waals surface area contributed by atoms with E-state index in [1.165, 1.54) is 6.07 Å². The van der Waals surface area contributed by atoms with Gasteiger partial charge in [-0.3, -0.25) is 0 Å². The van der Waals surface area contributed by atoms with E-state index >= 15 is 0 Å². The van der Waals surface area contributed by atoms with E-state index in [4.69, 9.17) is 0 Å². The van der Waals surface area contributed by atoms with Crippen LogP contribution in [-0.2, 0) is 16.5 Å². The fraction of sp³-hybridized carbons (Fsp3) is 0.417. The van der Waals surface area contributed by atoms with E-state index in [2.05, 4.69) is 10.9 Å². The van der Waals surface area contributed by atoms with Gasteiger partial charge in [-0.25, -0.2) is 0 Å². The molecule has 2 rings (SSSR count). The number of hydrogen-bond acceptors (Lipinski definition) is 4. The van der Waals surface area contributed by atoms with Crippen molar-refractivity contribution in [1.82, 2.24) is 0 Å². The maximum absolute atomic E-state index is 13.4. The molecule has 0 saturated carbocycles. The zero-order valence-corrected chi connectivity index (χ0v) is 13.7. The fourth-order valence-electron chi connectivity index (χ4n) is 2.02. The molecule has 1 aromatic rings. The predicted octanol–water partition coefficient (Wildman–Crippen LogP) is 4.11. The third-order valence-electron chi connectivity index (χ3n) is 2.88. The Hall–Kier alpha value is -1.24. The van der Waals surface area contributed by atoms with Gasteiger partial charge in [0, 0.05) is 0 Å². The summed E-state index contributed by atoms with van der Waals surface area (Å²) in [5.74, 6) is -1.66. The van der Waals surface area contributed by atoms with Crippen molar-refractivity contribution in [2.24, 2.45) is 0 Å². The Balaban J connectivity index is 2.80. The monoisotopic (exact) mass is 458 g/mol. The minimum atomic E-state index is -5.82. The summed E-state index contributed by atoms with van der Waals surface area (Å²) in [6.45, 7) is 0.877. The van der Waals surface area contributed by atoms with Gasteiger partial charge in [-0.2, -0.15) is 0 Å². The van der Waals surface area contributed by atoms with Crippen LogP contribution < -0.4 is 4.74 Å². The standard InChI is InChI=1S/C12H9F6IO4/c1-6(20)22-19-7-4-3-5-8(21-2)9(7)10(23-19,11(13,14)15)12(16,17)18/h3-5H,1-2H3. The SMILES string of the molecule is COc1cccc2c1C(C(F)(F)F)(C(F)(F)F)OI2OC(C)=O. The summed E-state index contributed by atoms with van der Waals surface area (Å²) in [6.07, 6.45) is -11.6. The van der Waals surface area contributed by atoms with Gasteiger partial charge in [-0.05, 0) is 0 Å². The molecule has 1 aliphatic heterocycles. The van der Waals surface area contributed by atoms with Gasteiger partial charge in [-0.15, -0.1) is 0 Å². The van der Waals surface area contributed by atoms with Crippen LogP contribution in [0.15, 0.2) is 18.2 Å². The summed E-state index contributed by atoms with van der Waals surface area (Å²) in [4.78, 5) is 11.0. The molecule has 0 aliphatic carbocycles. The van der Waals surface area contributed by atoms with Gasteiger partial charge in [0.25, 0.3) is 0 Å². The first-order valence-corrected chi connectivity index (χ1v) is 8.69. The van der Waals surface area contributed by atoms with Crippen molar-refractivity contribution in [3.63, 3.8) is 0 Å². The number of benzene rings is 1. The van der Waals surface area contributed by atoms with Crippen LogP contribution in [-0.4, -0.2) is 25.4 Å². The maximum atomic E-state index is 13.4. The van der Waals surface area contributed by atoms with Gasteiger partial charge in [-0.1, -0.05) is 0 Å². The quantitative estimate of drug-likeness (QED) is 0.495. The Morgan fingerprint density at radius 1 is 1.17 bits per heavy atom. The van der Waals surface area contributed by atoms with Gasteiger partial charge >= 0.3 is 134 Å². The molecule has 0 N–H and O–H groups in total. The van der Waals surface area contributed by atoms with Gasteiger partial charge < -0.3 is 0 Å². The molecule has 0 atom stereocenters. The number of hydrogen-bond donors (Lipinski definition) is 0. The molecule has 0 radical (unpaired) electrons. The number of fused-ring (bicyclic) bond motifs is 1. The zero-order chi connectivity index (χ0) is 17.6. The molecule has 1 heterocycles. The number of carbonyl (C=O) groups excluding carboxylic acids is 1. The minimum absolute atomic E-state index is 0.418. The molecule has 4 nitrogen and oxygen atoms in total. The topological polar surface area (TPSA) is 44.8 Å². The molecule has 11 heteroatoms. The molecule has 0 unspecified atom stereocenters. The van der Waals surface area contributed by atoms with Crippen LogP contribution in [0.4, 0.5) is 26.3 Å². The van der Waals surface area contributed by atoms with Crippen molar-refractivity contribution in [1.29, 1.82) is 0 Å². The van der Waals surface area contributed by atoms with Crippen LogP contribution >= 0.6 is 20.6 Å². The molecule has 0 spiro atoms. The second kappa shape index (κ2) is 5.69. The summed E-state index contributed by atoms with van der Waals surface area (Å²) < 4.78 is 93.7. The Labute approximate surface area is 134 Å². The number of methoxy groups -OCH3 is 1. The molecule has 1 aliphatic rings. The van der Waals surface area contributed by atoms with Crippen LogP contribution in [0.1, 0.15) is 12.5 Å². The zero-order valence-electron chi connectivity index (χ0n) is 11.5. The van der Waals surface area contributed by atoms with E-state index in [0.29, 0.717) is 0 Å². The van der Waals surface area contributed by atoms with Crippen LogP contribution in [0.3, 0.4) is 0 Å². The average molecular weight is 458 g/mol. The molecule has 1 aromatic carbocycles. The van der Waals surface area contributed by atoms with Crippen molar-refractivity contribution in [3.8, 4) is 5.75 Å². The van der Waals surface area contributed by atoms with Crippen LogP contribution in [0.25, 0.3) is 0 Å². The van der Waals surface area contributed by atoms with Crippen molar-refractivity contribution in [2.75, 3.05) is 7.11 Å². The molecular formula is C12H9F6IO4.